The Morgan fingerprint density at radius 1 is 1.43 bits per heavy atom. The molecule has 3 nitrogen and oxygen atoms in total. The lowest BCUT2D eigenvalue weighted by Crippen LogP contribution is -1.95. The molecule has 0 spiro atoms. The van der Waals surface area contributed by atoms with E-state index in [1.54, 1.807) is 23.1 Å². The number of rotatable bonds is 1. The Kier molecular flexibility index (Phi) is 2.48. The van der Waals surface area contributed by atoms with Crippen LogP contribution in [-0.4, -0.2) is 9.78 Å². The molecule has 0 saturated carbocycles. The highest BCUT2D eigenvalue weighted by molar-refractivity contribution is 9.10. The van der Waals surface area contributed by atoms with Crippen molar-refractivity contribution < 1.29 is 0 Å². The lowest BCUT2D eigenvalue weighted by atomic mass is 10.3. The summed E-state index contributed by atoms with van der Waals surface area (Å²) in [5, 5.41) is 4.78. The monoisotopic (exact) mass is 271 g/mol. The zero-order valence-electron chi connectivity index (χ0n) is 7.11. The molecule has 72 valence electrons. The molecule has 5 heteroatoms. The van der Waals surface area contributed by atoms with E-state index >= 15 is 0 Å². The van der Waals surface area contributed by atoms with Crippen LogP contribution < -0.4 is 5.73 Å². The number of hydrogen-bond acceptors (Lipinski definition) is 2. The van der Waals surface area contributed by atoms with Gasteiger partial charge in [0, 0.05) is 9.50 Å². The third kappa shape index (κ3) is 1.76. The van der Waals surface area contributed by atoms with Crippen LogP contribution in [-0.2, 0) is 0 Å². The van der Waals surface area contributed by atoms with Crippen molar-refractivity contribution in [3.05, 3.63) is 40.1 Å². The Morgan fingerprint density at radius 2 is 2.21 bits per heavy atom. The topological polar surface area (TPSA) is 43.8 Å². The van der Waals surface area contributed by atoms with Gasteiger partial charge in [-0.15, -0.1) is 0 Å². The number of halogens is 2. The number of aromatic nitrogens is 2. The molecule has 1 aromatic heterocycles. The summed E-state index contributed by atoms with van der Waals surface area (Å²) in [5.41, 5.74) is 7.11. The van der Waals surface area contributed by atoms with Crippen LogP contribution in [0.2, 0.25) is 5.02 Å². The minimum Gasteiger partial charge on any atom is -0.396 e. The first-order valence-corrected chi connectivity index (χ1v) is 5.09. The Morgan fingerprint density at radius 3 is 2.79 bits per heavy atom. The van der Waals surface area contributed by atoms with Gasteiger partial charge in [0.05, 0.1) is 23.8 Å². The molecule has 0 aliphatic carbocycles. The summed E-state index contributed by atoms with van der Waals surface area (Å²) in [7, 11) is 0. The summed E-state index contributed by atoms with van der Waals surface area (Å²) in [6.45, 7) is 0. The number of nitrogens with two attached hydrogens (primary N) is 1. The highest BCUT2D eigenvalue weighted by Gasteiger charge is 2.03. The lowest BCUT2D eigenvalue weighted by Gasteiger charge is -2.03. The van der Waals surface area contributed by atoms with Crippen LogP contribution in [0, 0.1) is 0 Å². The molecule has 0 radical (unpaired) electrons. The highest BCUT2D eigenvalue weighted by atomic mass is 79.9. The minimum absolute atomic E-state index is 0.631. The predicted molar refractivity (Wildman–Crippen MR) is 60.7 cm³/mol. The second-order valence-corrected chi connectivity index (χ2v) is 4.10. The molecule has 1 heterocycles. The van der Waals surface area contributed by atoms with E-state index in [2.05, 4.69) is 21.0 Å². The van der Waals surface area contributed by atoms with E-state index in [1.165, 1.54) is 0 Å². The molecule has 0 bridgehead atoms. The Balaban J connectivity index is 2.52. The first kappa shape index (κ1) is 9.55. The van der Waals surface area contributed by atoms with Crippen molar-refractivity contribution in [2.24, 2.45) is 0 Å². The van der Waals surface area contributed by atoms with Gasteiger partial charge in [0.1, 0.15) is 0 Å². The van der Waals surface area contributed by atoms with Crippen molar-refractivity contribution in [2.45, 2.75) is 0 Å². The predicted octanol–water partition coefficient (Wildman–Crippen LogP) is 2.87. The van der Waals surface area contributed by atoms with Crippen molar-refractivity contribution in [1.82, 2.24) is 9.78 Å². The normalized spacial score (nSPS) is 10.4. The van der Waals surface area contributed by atoms with Crippen molar-refractivity contribution >= 4 is 33.2 Å². The third-order valence-electron chi connectivity index (χ3n) is 1.76. The van der Waals surface area contributed by atoms with Gasteiger partial charge in [0.15, 0.2) is 0 Å². The van der Waals surface area contributed by atoms with Gasteiger partial charge in [-0.25, -0.2) is 4.68 Å². The molecule has 14 heavy (non-hydrogen) atoms. The second-order valence-electron chi connectivity index (χ2n) is 2.81. The van der Waals surface area contributed by atoms with Crippen LogP contribution in [0.15, 0.2) is 35.1 Å². The minimum atomic E-state index is 0.631. The summed E-state index contributed by atoms with van der Waals surface area (Å²) in [5.74, 6) is 0. The zero-order valence-corrected chi connectivity index (χ0v) is 9.46. The maximum absolute atomic E-state index is 5.83. The number of nitrogens with zero attached hydrogens (tertiary/aromatic N) is 2. The number of nitrogen functional groups attached to an aromatic ring is 1. The fourth-order valence-corrected chi connectivity index (χ4v) is 2.00. The summed E-state index contributed by atoms with van der Waals surface area (Å²) < 4.78 is 2.57. The molecule has 0 fully saturated rings. The number of hydrogen-bond donors (Lipinski definition) is 1. The molecule has 0 amide bonds. The van der Waals surface area contributed by atoms with Crippen LogP contribution >= 0.6 is 27.5 Å². The SMILES string of the molecule is Nc1cnn(-c2ccc(Cl)cc2Br)c1. The number of anilines is 1. The molecule has 0 aliphatic rings. The standard InChI is InChI=1S/C9H7BrClN3/c10-8-3-6(11)1-2-9(8)14-5-7(12)4-13-14/h1-5H,12H2. The van der Waals surface area contributed by atoms with Gasteiger partial charge in [-0.3, -0.25) is 0 Å². The molecule has 0 atom stereocenters. The average Bonchev–Trinajstić information content (AvgIpc) is 2.51. The van der Waals surface area contributed by atoms with E-state index in [0.717, 1.165) is 10.2 Å². The summed E-state index contributed by atoms with van der Waals surface area (Å²) in [6.07, 6.45) is 3.34. The van der Waals surface area contributed by atoms with Crippen molar-refractivity contribution in [3.8, 4) is 5.69 Å². The van der Waals surface area contributed by atoms with Crippen LogP contribution in [0.5, 0.6) is 0 Å². The summed E-state index contributed by atoms with van der Waals surface area (Å²) >= 11 is 9.23. The van der Waals surface area contributed by atoms with Crippen LogP contribution in [0.25, 0.3) is 5.69 Å². The van der Waals surface area contributed by atoms with Crippen molar-refractivity contribution in [2.75, 3.05) is 5.73 Å². The Hall–Kier alpha value is -1.000. The van der Waals surface area contributed by atoms with E-state index in [9.17, 15) is 0 Å². The fraction of sp³-hybridized carbons (Fsp3) is 0. The maximum Gasteiger partial charge on any atom is 0.0789 e. The smallest absolute Gasteiger partial charge is 0.0789 e. The Labute approximate surface area is 94.6 Å². The van der Waals surface area contributed by atoms with Crippen LogP contribution in [0.1, 0.15) is 0 Å². The first-order chi connectivity index (χ1) is 6.66. The third-order valence-corrected chi connectivity index (χ3v) is 2.63. The average molecular weight is 273 g/mol. The van der Waals surface area contributed by atoms with Gasteiger partial charge in [-0.05, 0) is 34.1 Å². The molecule has 0 aliphatic heterocycles. The van der Waals surface area contributed by atoms with E-state index < -0.39 is 0 Å². The highest BCUT2D eigenvalue weighted by Crippen LogP contribution is 2.24. The fourth-order valence-electron chi connectivity index (χ4n) is 1.14. The van der Waals surface area contributed by atoms with Gasteiger partial charge in [-0.2, -0.15) is 5.10 Å². The van der Waals surface area contributed by atoms with Crippen molar-refractivity contribution in [1.29, 1.82) is 0 Å². The molecule has 2 N–H and O–H groups in total. The van der Waals surface area contributed by atoms with Gasteiger partial charge in [0.2, 0.25) is 0 Å². The summed E-state index contributed by atoms with van der Waals surface area (Å²) in [6, 6.07) is 5.49. The van der Waals surface area contributed by atoms with Crippen LogP contribution in [0.4, 0.5) is 5.69 Å². The molecular formula is C9H7BrClN3. The van der Waals surface area contributed by atoms with Gasteiger partial charge >= 0.3 is 0 Å². The first-order valence-electron chi connectivity index (χ1n) is 3.92. The van der Waals surface area contributed by atoms with E-state index in [4.69, 9.17) is 17.3 Å². The van der Waals surface area contributed by atoms with Crippen LogP contribution in [0.3, 0.4) is 0 Å². The second kappa shape index (κ2) is 3.63. The number of benzene rings is 1. The van der Waals surface area contributed by atoms with Gasteiger partial charge in [0.25, 0.3) is 0 Å². The van der Waals surface area contributed by atoms with E-state index in [-0.39, 0.29) is 0 Å². The van der Waals surface area contributed by atoms with E-state index in [0.29, 0.717) is 10.7 Å². The van der Waals surface area contributed by atoms with Gasteiger partial charge in [-0.1, -0.05) is 11.6 Å². The molecule has 1 aromatic carbocycles. The molecule has 0 unspecified atom stereocenters. The summed E-state index contributed by atoms with van der Waals surface area (Å²) in [4.78, 5) is 0. The maximum atomic E-state index is 5.83. The van der Waals surface area contributed by atoms with Gasteiger partial charge < -0.3 is 5.73 Å². The Bertz CT molecular complexity index is 467. The molecule has 0 saturated heterocycles. The molecule has 2 aromatic rings. The van der Waals surface area contributed by atoms with Crippen molar-refractivity contribution in [3.63, 3.8) is 0 Å². The zero-order chi connectivity index (χ0) is 10.1. The molecular weight excluding hydrogens is 265 g/mol. The largest absolute Gasteiger partial charge is 0.396 e. The molecule has 2 rings (SSSR count). The van der Waals surface area contributed by atoms with E-state index in [1.807, 2.05) is 12.1 Å². The quantitative estimate of drug-likeness (QED) is 0.867. The lowest BCUT2D eigenvalue weighted by molar-refractivity contribution is 0.876.